The maximum absolute atomic E-state index is 11.9. The number of pyridine rings is 1. The molecule has 0 aromatic carbocycles. The van der Waals surface area contributed by atoms with Crippen LogP contribution < -0.4 is 9.88 Å². The Balaban J connectivity index is 3.38. The number of anilines is 1. The van der Waals surface area contributed by atoms with E-state index < -0.39 is 10.0 Å². The fourth-order valence-electron chi connectivity index (χ4n) is 1.18. The van der Waals surface area contributed by atoms with Gasteiger partial charge in [0.2, 0.25) is 0 Å². The fraction of sp³-hybridized carbons (Fsp3) is 0.444. The predicted octanol–water partition coefficient (Wildman–Crippen LogP) is -0.183. The molecule has 0 radical (unpaired) electrons. The minimum absolute atomic E-state index is 0.278. The monoisotopic (exact) mass is 230 g/mol. The smallest absolute Gasteiger partial charge is 0.250 e. The summed E-state index contributed by atoms with van der Waals surface area (Å²) in [6.45, 7) is 0. The van der Waals surface area contributed by atoms with Crippen LogP contribution in [-0.2, 0) is 10.0 Å². The van der Waals surface area contributed by atoms with Crippen molar-refractivity contribution in [2.24, 2.45) is 0 Å². The SMILES string of the molecule is CN(C)c1cc[nH+]cc1S(=O)(=O)N(C)C. The van der Waals surface area contributed by atoms with Gasteiger partial charge in [-0.1, -0.05) is 0 Å². The molecule has 0 aliphatic rings. The van der Waals surface area contributed by atoms with Crippen LogP contribution in [0.2, 0.25) is 0 Å². The molecule has 0 amide bonds. The molecule has 6 heteroatoms. The highest BCUT2D eigenvalue weighted by Crippen LogP contribution is 2.22. The molecule has 1 aromatic heterocycles. The first-order valence-electron chi connectivity index (χ1n) is 4.47. The summed E-state index contributed by atoms with van der Waals surface area (Å²) in [6, 6.07) is 1.73. The van der Waals surface area contributed by atoms with Gasteiger partial charge in [-0.3, -0.25) is 0 Å². The van der Waals surface area contributed by atoms with Crippen LogP contribution in [0.5, 0.6) is 0 Å². The summed E-state index contributed by atoms with van der Waals surface area (Å²) in [5.74, 6) is 0. The fourth-order valence-corrected chi connectivity index (χ4v) is 2.30. The van der Waals surface area contributed by atoms with Crippen LogP contribution in [0.3, 0.4) is 0 Å². The van der Waals surface area contributed by atoms with Gasteiger partial charge in [0.15, 0.2) is 17.3 Å². The number of nitrogens with one attached hydrogen (secondary N) is 1. The van der Waals surface area contributed by atoms with E-state index in [9.17, 15) is 8.42 Å². The molecule has 5 nitrogen and oxygen atoms in total. The lowest BCUT2D eigenvalue weighted by Gasteiger charge is -2.17. The molecule has 1 N–H and O–H groups in total. The van der Waals surface area contributed by atoms with Gasteiger partial charge in [-0.05, 0) is 0 Å². The Labute approximate surface area is 90.4 Å². The van der Waals surface area contributed by atoms with E-state index in [-0.39, 0.29) is 4.90 Å². The minimum atomic E-state index is -3.39. The first-order chi connectivity index (χ1) is 6.87. The molecule has 0 unspecified atom stereocenters. The van der Waals surface area contributed by atoms with Crippen molar-refractivity contribution < 1.29 is 13.4 Å². The number of aromatic amines is 1. The zero-order valence-corrected chi connectivity index (χ0v) is 10.2. The number of sulfonamides is 1. The van der Waals surface area contributed by atoms with E-state index >= 15 is 0 Å². The quantitative estimate of drug-likeness (QED) is 0.723. The summed E-state index contributed by atoms with van der Waals surface area (Å²) in [4.78, 5) is 4.83. The second-order valence-corrected chi connectivity index (χ2v) is 5.70. The third-order valence-electron chi connectivity index (χ3n) is 2.04. The van der Waals surface area contributed by atoms with E-state index in [2.05, 4.69) is 4.98 Å². The Bertz CT molecular complexity index is 440. The van der Waals surface area contributed by atoms with Crippen molar-refractivity contribution in [3.05, 3.63) is 18.5 Å². The highest BCUT2D eigenvalue weighted by Gasteiger charge is 2.24. The normalized spacial score (nSPS) is 11.8. The molecule has 0 fully saturated rings. The minimum Gasteiger partial charge on any atom is -0.376 e. The standard InChI is InChI=1S/C9H15N3O2S/c1-11(2)8-5-6-10-7-9(8)15(13,14)12(3)4/h5-7H,1-4H3/p+1. The zero-order chi connectivity index (χ0) is 11.6. The van der Waals surface area contributed by atoms with Gasteiger partial charge in [-0.15, -0.1) is 0 Å². The van der Waals surface area contributed by atoms with Gasteiger partial charge in [0.1, 0.15) is 0 Å². The van der Waals surface area contributed by atoms with Crippen LogP contribution >= 0.6 is 0 Å². The van der Waals surface area contributed by atoms with E-state index in [4.69, 9.17) is 0 Å². The Morgan fingerprint density at radius 3 is 2.27 bits per heavy atom. The number of H-pyrrole nitrogens is 1. The molecule has 84 valence electrons. The Morgan fingerprint density at radius 2 is 1.80 bits per heavy atom. The molecule has 0 aliphatic carbocycles. The summed E-state index contributed by atoms with van der Waals surface area (Å²) < 4.78 is 25.1. The Morgan fingerprint density at radius 1 is 1.20 bits per heavy atom. The predicted molar refractivity (Wildman–Crippen MR) is 58.2 cm³/mol. The summed E-state index contributed by atoms with van der Waals surface area (Å²) >= 11 is 0. The van der Waals surface area contributed by atoms with Crippen molar-refractivity contribution in [1.29, 1.82) is 0 Å². The molecule has 0 saturated heterocycles. The van der Waals surface area contributed by atoms with Crippen LogP contribution in [0.4, 0.5) is 5.69 Å². The lowest BCUT2D eigenvalue weighted by molar-refractivity contribution is -0.380. The number of aromatic nitrogens is 1. The first-order valence-corrected chi connectivity index (χ1v) is 5.91. The Hall–Kier alpha value is -1.14. The van der Waals surface area contributed by atoms with Crippen molar-refractivity contribution in [2.45, 2.75) is 4.90 Å². The highest BCUT2D eigenvalue weighted by atomic mass is 32.2. The summed E-state index contributed by atoms with van der Waals surface area (Å²) in [5, 5.41) is 0. The average Bonchev–Trinajstić information content (AvgIpc) is 2.17. The molecule has 0 aliphatic heterocycles. The Kier molecular flexibility index (Phi) is 3.31. The lowest BCUT2D eigenvalue weighted by Crippen LogP contribution is -2.26. The van der Waals surface area contributed by atoms with Crippen molar-refractivity contribution in [1.82, 2.24) is 4.31 Å². The second-order valence-electron chi connectivity index (χ2n) is 3.58. The third kappa shape index (κ3) is 2.27. The van der Waals surface area contributed by atoms with Crippen LogP contribution in [0.15, 0.2) is 23.4 Å². The molecule has 15 heavy (non-hydrogen) atoms. The van der Waals surface area contributed by atoms with Gasteiger partial charge in [-0.2, -0.15) is 0 Å². The highest BCUT2D eigenvalue weighted by molar-refractivity contribution is 7.89. The first kappa shape index (κ1) is 11.9. The zero-order valence-electron chi connectivity index (χ0n) is 9.35. The maximum atomic E-state index is 11.9. The van der Waals surface area contributed by atoms with E-state index in [1.54, 1.807) is 17.2 Å². The van der Waals surface area contributed by atoms with E-state index in [0.717, 1.165) is 0 Å². The molecular formula is C9H16N3O2S+. The molecular weight excluding hydrogens is 214 g/mol. The molecule has 0 atom stereocenters. The van der Waals surface area contributed by atoms with Crippen molar-refractivity contribution in [3.63, 3.8) is 0 Å². The van der Waals surface area contributed by atoms with Gasteiger partial charge in [0, 0.05) is 34.3 Å². The number of nitrogens with zero attached hydrogens (tertiary/aromatic N) is 2. The van der Waals surface area contributed by atoms with Crippen LogP contribution in [0.25, 0.3) is 0 Å². The van der Waals surface area contributed by atoms with Crippen molar-refractivity contribution in [3.8, 4) is 0 Å². The topological polar surface area (TPSA) is 54.8 Å². The van der Waals surface area contributed by atoms with Gasteiger partial charge in [0.25, 0.3) is 10.0 Å². The maximum Gasteiger partial charge on any atom is 0.250 e. The van der Waals surface area contributed by atoms with E-state index in [1.807, 2.05) is 14.1 Å². The van der Waals surface area contributed by atoms with Gasteiger partial charge in [-0.25, -0.2) is 17.7 Å². The second kappa shape index (κ2) is 4.16. The largest absolute Gasteiger partial charge is 0.376 e. The molecule has 1 heterocycles. The van der Waals surface area contributed by atoms with Gasteiger partial charge < -0.3 is 4.90 Å². The lowest BCUT2D eigenvalue weighted by atomic mass is 10.4. The van der Waals surface area contributed by atoms with Gasteiger partial charge >= 0.3 is 0 Å². The third-order valence-corrected chi connectivity index (χ3v) is 3.89. The summed E-state index contributed by atoms with van der Waals surface area (Å²) in [5.41, 5.74) is 0.669. The van der Waals surface area contributed by atoms with Gasteiger partial charge in [0.05, 0.1) is 5.69 Å². The van der Waals surface area contributed by atoms with E-state index in [0.29, 0.717) is 5.69 Å². The van der Waals surface area contributed by atoms with Crippen LogP contribution in [-0.4, -0.2) is 40.9 Å². The molecule has 0 spiro atoms. The summed E-state index contributed by atoms with van der Waals surface area (Å²) in [7, 11) is 3.26. The number of hydrogen-bond acceptors (Lipinski definition) is 3. The molecule has 1 rings (SSSR count). The average molecular weight is 230 g/mol. The van der Waals surface area contributed by atoms with Crippen molar-refractivity contribution >= 4 is 15.7 Å². The molecule has 0 bridgehead atoms. The molecule has 0 saturated carbocycles. The number of rotatable bonds is 3. The molecule has 1 aromatic rings. The number of hydrogen-bond donors (Lipinski definition) is 0. The van der Waals surface area contributed by atoms with E-state index in [1.165, 1.54) is 24.6 Å². The van der Waals surface area contributed by atoms with Crippen molar-refractivity contribution in [2.75, 3.05) is 33.1 Å². The summed E-state index contributed by atoms with van der Waals surface area (Å²) in [6.07, 6.45) is 3.19. The van der Waals surface area contributed by atoms with Crippen LogP contribution in [0.1, 0.15) is 0 Å². The van der Waals surface area contributed by atoms with Crippen LogP contribution in [0, 0.1) is 0 Å².